The number of nitrogens with one attached hydrogen (secondary N) is 1. The quantitative estimate of drug-likeness (QED) is 0.838. The SMILES string of the molecule is CC(C)N1CCO[C@@](Cc2cccc(-c3ccncc3)c2)(C(=O)NC2CC2)C1. The molecule has 1 amide bonds. The summed E-state index contributed by atoms with van der Waals surface area (Å²) in [5.41, 5.74) is 2.55. The summed E-state index contributed by atoms with van der Waals surface area (Å²) in [7, 11) is 0. The number of rotatable bonds is 6. The topological polar surface area (TPSA) is 54.5 Å². The van der Waals surface area contributed by atoms with Crippen molar-refractivity contribution in [3.8, 4) is 11.1 Å². The van der Waals surface area contributed by atoms with E-state index in [1.165, 1.54) is 0 Å². The minimum absolute atomic E-state index is 0.0367. The number of carbonyl (C=O) groups excluding carboxylic acids is 1. The summed E-state index contributed by atoms with van der Waals surface area (Å²) in [6.07, 6.45) is 6.34. The first-order valence-electron chi connectivity index (χ1n) is 10.2. The lowest BCUT2D eigenvalue weighted by atomic mass is 9.89. The lowest BCUT2D eigenvalue weighted by Crippen LogP contribution is -2.62. The van der Waals surface area contributed by atoms with Gasteiger partial charge in [-0.2, -0.15) is 0 Å². The molecule has 148 valence electrons. The highest BCUT2D eigenvalue weighted by atomic mass is 16.5. The summed E-state index contributed by atoms with van der Waals surface area (Å²) in [5, 5.41) is 3.19. The summed E-state index contributed by atoms with van der Waals surface area (Å²) in [6, 6.07) is 13.1. The van der Waals surface area contributed by atoms with Crippen LogP contribution < -0.4 is 5.32 Å². The molecule has 1 saturated carbocycles. The van der Waals surface area contributed by atoms with Crippen LogP contribution in [0.4, 0.5) is 0 Å². The minimum Gasteiger partial charge on any atom is -0.362 e. The highest BCUT2D eigenvalue weighted by Crippen LogP contribution is 2.29. The maximum Gasteiger partial charge on any atom is 0.254 e. The molecule has 1 N–H and O–H groups in total. The standard InChI is InChI=1S/C23H29N3O2/c1-17(2)26-12-13-28-23(16-26,22(27)25-21-6-7-21)15-18-4-3-5-20(14-18)19-8-10-24-11-9-19/h3-5,8-11,14,17,21H,6-7,12-13,15-16H2,1-2H3,(H,25,27)/t23-/m1/s1. The predicted octanol–water partition coefficient (Wildman–Crippen LogP) is 3.05. The van der Waals surface area contributed by atoms with Crippen LogP contribution >= 0.6 is 0 Å². The third-order valence-electron chi connectivity index (χ3n) is 5.70. The summed E-state index contributed by atoms with van der Waals surface area (Å²) in [4.78, 5) is 19.7. The second kappa shape index (κ2) is 8.02. The number of aromatic nitrogens is 1. The summed E-state index contributed by atoms with van der Waals surface area (Å²) < 4.78 is 6.22. The van der Waals surface area contributed by atoms with Crippen molar-refractivity contribution in [2.75, 3.05) is 19.7 Å². The van der Waals surface area contributed by atoms with E-state index in [0.717, 1.165) is 36.1 Å². The third kappa shape index (κ3) is 4.26. The Kier molecular flexibility index (Phi) is 5.47. The van der Waals surface area contributed by atoms with Crippen LogP contribution in [0.15, 0.2) is 48.8 Å². The molecule has 4 rings (SSSR count). The number of nitrogens with zero attached hydrogens (tertiary/aromatic N) is 2. The fourth-order valence-electron chi connectivity index (χ4n) is 3.86. The molecule has 28 heavy (non-hydrogen) atoms. The fraction of sp³-hybridized carbons (Fsp3) is 0.478. The van der Waals surface area contributed by atoms with Gasteiger partial charge in [-0.05, 0) is 55.5 Å². The molecule has 5 nitrogen and oxygen atoms in total. The van der Waals surface area contributed by atoms with Crippen LogP contribution in [-0.4, -0.2) is 53.2 Å². The zero-order valence-corrected chi connectivity index (χ0v) is 16.7. The van der Waals surface area contributed by atoms with E-state index in [4.69, 9.17) is 4.74 Å². The Bertz CT molecular complexity index is 820. The molecule has 1 saturated heterocycles. The maximum atomic E-state index is 13.2. The molecule has 1 aliphatic carbocycles. The molecule has 1 atom stereocenters. The average Bonchev–Trinajstić information content (AvgIpc) is 3.53. The molecule has 2 aliphatic rings. The van der Waals surface area contributed by atoms with Crippen molar-refractivity contribution >= 4 is 5.91 Å². The van der Waals surface area contributed by atoms with Crippen LogP contribution in [0, 0.1) is 0 Å². The smallest absolute Gasteiger partial charge is 0.254 e. The Morgan fingerprint density at radius 3 is 2.75 bits per heavy atom. The molecule has 0 unspecified atom stereocenters. The van der Waals surface area contributed by atoms with Crippen LogP contribution in [0.3, 0.4) is 0 Å². The van der Waals surface area contributed by atoms with E-state index >= 15 is 0 Å². The molecule has 0 spiro atoms. The Morgan fingerprint density at radius 1 is 1.25 bits per heavy atom. The van der Waals surface area contributed by atoms with Crippen LogP contribution in [0.25, 0.3) is 11.1 Å². The van der Waals surface area contributed by atoms with Crippen LogP contribution in [0.2, 0.25) is 0 Å². The lowest BCUT2D eigenvalue weighted by molar-refractivity contribution is -0.162. The molecule has 2 fully saturated rings. The minimum atomic E-state index is -0.831. The predicted molar refractivity (Wildman–Crippen MR) is 110 cm³/mol. The number of amides is 1. The largest absolute Gasteiger partial charge is 0.362 e. The van der Waals surface area contributed by atoms with Gasteiger partial charge >= 0.3 is 0 Å². The number of benzene rings is 1. The van der Waals surface area contributed by atoms with E-state index in [0.29, 0.717) is 31.7 Å². The Hall–Kier alpha value is -2.24. The Morgan fingerprint density at radius 2 is 2.04 bits per heavy atom. The van der Waals surface area contributed by atoms with Crippen molar-refractivity contribution in [1.82, 2.24) is 15.2 Å². The van der Waals surface area contributed by atoms with Gasteiger partial charge in [0.05, 0.1) is 6.61 Å². The van der Waals surface area contributed by atoms with Gasteiger partial charge in [0.15, 0.2) is 5.60 Å². The van der Waals surface area contributed by atoms with Gasteiger partial charge in [0.25, 0.3) is 5.91 Å². The van der Waals surface area contributed by atoms with Crippen molar-refractivity contribution < 1.29 is 9.53 Å². The molecule has 1 aromatic carbocycles. The number of carbonyl (C=O) groups is 1. The number of hydrogen-bond acceptors (Lipinski definition) is 4. The van der Waals surface area contributed by atoms with E-state index in [1.807, 2.05) is 12.1 Å². The summed E-state index contributed by atoms with van der Waals surface area (Å²) >= 11 is 0. The fourth-order valence-corrected chi connectivity index (χ4v) is 3.86. The second-order valence-electron chi connectivity index (χ2n) is 8.27. The first-order chi connectivity index (χ1) is 13.6. The molecular formula is C23H29N3O2. The normalized spacial score (nSPS) is 23.0. The molecule has 5 heteroatoms. The zero-order valence-electron chi connectivity index (χ0n) is 16.7. The second-order valence-corrected chi connectivity index (χ2v) is 8.27. The summed E-state index contributed by atoms with van der Waals surface area (Å²) in [5.74, 6) is 0.0367. The van der Waals surface area contributed by atoms with Crippen LogP contribution in [0.5, 0.6) is 0 Å². The average molecular weight is 380 g/mol. The highest BCUT2D eigenvalue weighted by molar-refractivity contribution is 5.86. The lowest BCUT2D eigenvalue weighted by Gasteiger charge is -2.43. The first kappa shape index (κ1) is 19.1. The van der Waals surface area contributed by atoms with E-state index < -0.39 is 5.60 Å². The molecule has 2 aromatic rings. The number of ether oxygens (including phenoxy) is 1. The maximum absolute atomic E-state index is 13.2. The highest BCUT2D eigenvalue weighted by Gasteiger charge is 2.45. The Labute approximate surface area is 167 Å². The monoisotopic (exact) mass is 379 g/mol. The van der Waals surface area contributed by atoms with E-state index in [2.05, 4.69) is 53.3 Å². The van der Waals surface area contributed by atoms with Gasteiger partial charge in [-0.3, -0.25) is 14.7 Å². The number of pyridine rings is 1. The van der Waals surface area contributed by atoms with Crippen molar-refractivity contribution in [2.45, 2.75) is 50.8 Å². The van der Waals surface area contributed by atoms with Gasteiger partial charge in [-0.1, -0.05) is 24.3 Å². The molecule has 2 heterocycles. The molecule has 0 bridgehead atoms. The molecular weight excluding hydrogens is 350 g/mol. The van der Waals surface area contributed by atoms with Gasteiger partial charge in [0.1, 0.15) is 0 Å². The number of morpholine rings is 1. The number of hydrogen-bond donors (Lipinski definition) is 1. The molecule has 1 aliphatic heterocycles. The van der Waals surface area contributed by atoms with Crippen molar-refractivity contribution in [1.29, 1.82) is 0 Å². The molecule has 0 radical (unpaired) electrons. The molecule has 1 aromatic heterocycles. The van der Waals surface area contributed by atoms with Gasteiger partial charge < -0.3 is 10.1 Å². The zero-order chi connectivity index (χ0) is 19.6. The van der Waals surface area contributed by atoms with Gasteiger partial charge in [0, 0.05) is 44.0 Å². The Balaban J connectivity index is 1.61. The van der Waals surface area contributed by atoms with E-state index in [9.17, 15) is 4.79 Å². The van der Waals surface area contributed by atoms with E-state index in [1.54, 1.807) is 12.4 Å². The van der Waals surface area contributed by atoms with E-state index in [-0.39, 0.29) is 5.91 Å². The van der Waals surface area contributed by atoms with Gasteiger partial charge in [0.2, 0.25) is 0 Å². The summed E-state index contributed by atoms with van der Waals surface area (Å²) in [6.45, 7) is 6.44. The first-order valence-corrected chi connectivity index (χ1v) is 10.2. The van der Waals surface area contributed by atoms with Crippen LogP contribution in [0.1, 0.15) is 32.3 Å². The van der Waals surface area contributed by atoms with Gasteiger partial charge in [-0.25, -0.2) is 0 Å². The third-order valence-corrected chi connectivity index (χ3v) is 5.70. The van der Waals surface area contributed by atoms with Crippen molar-refractivity contribution in [3.63, 3.8) is 0 Å². The van der Waals surface area contributed by atoms with Gasteiger partial charge in [-0.15, -0.1) is 0 Å². The van der Waals surface area contributed by atoms with Crippen molar-refractivity contribution in [3.05, 3.63) is 54.4 Å². The van der Waals surface area contributed by atoms with Crippen LogP contribution in [-0.2, 0) is 16.0 Å². The van der Waals surface area contributed by atoms with Crippen molar-refractivity contribution in [2.24, 2.45) is 0 Å².